The fourth-order valence-electron chi connectivity index (χ4n) is 4.58. The standard InChI is InChI=1S/C27H35N3O5/c1-27(2)14-13-19-21(35-27)10-9-20(24(19)33-4)26(31)30(18-17-29-15-7-6-8-16-29)23-12-11-22(32-3)25(28-23)34-5/h9-14H,6-8,15-18H2,1-5H3. The number of benzene rings is 1. The van der Waals surface area contributed by atoms with Gasteiger partial charge in [0, 0.05) is 13.1 Å². The highest BCUT2D eigenvalue weighted by molar-refractivity contribution is 6.08. The van der Waals surface area contributed by atoms with Crippen molar-refractivity contribution in [3.8, 4) is 23.1 Å². The normalized spacial score (nSPS) is 16.7. The summed E-state index contributed by atoms with van der Waals surface area (Å²) in [5.41, 5.74) is 0.788. The number of hydrogen-bond acceptors (Lipinski definition) is 7. The van der Waals surface area contributed by atoms with Crippen molar-refractivity contribution in [2.45, 2.75) is 38.7 Å². The van der Waals surface area contributed by atoms with E-state index in [9.17, 15) is 4.79 Å². The Morgan fingerprint density at radius 3 is 2.51 bits per heavy atom. The van der Waals surface area contributed by atoms with Crippen LogP contribution in [0, 0.1) is 0 Å². The van der Waals surface area contributed by atoms with Crippen molar-refractivity contribution >= 4 is 17.8 Å². The van der Waals surface area contributed by atoms with Crippen molar-refractivity contribution < 1.29 is 23.7 Å². The van der Waals surface area contributed by atoms with Gasteiger partial charge in [-0.15, -0.1) is 0 Å². The summed E-state index contributed by atoms with van der Waals surface area (Å²) in [5, 5.41) is 0. The highest BCUT2D eigenvalue weighted by atomic mass is 16.5. The average Bonchev–Trinajstić information content (AvgIpc) is 2.87. The molecular weight excluding hydrogens is 446 g/mol. The number of carbonyl (C=O) groups is 1. The second-order valence-corrected chi connectivity index (χ2v) is 9.34. The van der Waals surface area contributed by atoms with Gasteiger partial charge in [0.05, 0.1) is 32.5 Å². The molecule has 8 nitrogen and oxygen atoms in total. The number of fused-ring (bicyclic) bond motifs is 1. The van der Waals surface area contributed by atoms with E-state index in [0.29, 0.717) is 41.1 Å². The Hall–Kier alpha value is -3.26. The van der Waals surface area contributed by atoms with Crippen LogP contribution in [0.5, 0.6) is 23.1 Å². The van der Waals surface area contributed by atoms with Crippen LogP contribution >= 0.6 is 0 Å². The maximum atomic E-state index is 14.0. The molecule has 1 aromatic carbocycles. The van der Waals surface area contributed by atoms with Crippen LogP contribution in [0.2, 0.25) is 0 Å². The summed E-state index contributed by atoms with van der Waals surface area (Å²) in [4.78, 5) is 22.7. The first-order valence-electron chi connectivity index (χ1n) is 12.1. The van der Waals surface area contributed by atoms with E-state index in [2.05, 4.69) is 9.88 Å². The summed E-state index contributed by atoms with van der Waals surface area (Å²) in [6, 6.07) is 7.15. The Balaban J connectivity index is 1.71. The van der Waals surface area contributed by atoms with E-state index < -0.39 is 5.60 Å². The predicted octanol–water partition coefficient (Wildman–Crippen LogP) is 4.42. The van der Waals surface area contributed by atoms with E-state index >= 15 is 0 Å². The fraction of sp³-hybridized carbons (Fsp3) is 0.481. The van der Waals surface area contributed by atoms with Crippen LogP contribution < -0.4 is 23.8 Å². The molecule has 0 N–H and O–H groups in total. The van der Waals surface area contributed by atoms with Gasteiger partial charge in [-0.25, -0.2) is 0 Å². The number of piperidine rings is 1. The van der Waals surface area contributed by atoms with Crippen molar-refractivity contribution in [2.24, 2.45) is 0 Å². The maximum absolute atomic E-state index is 14.0. The third kappa shape index (κ3) is 5.37. The Kier molecular flexibility index (Phi) is 7.50. The smallest absolute Gasteiger partial charge is 0.263 e. The lowest BCUT2D eigenvalue weighted by Gasteiger charge is -2.31. The molecular formula is C27H35N3O5. The lowest BCUT2D eigenvalue weighted by Crippen LogP contribution is -2.41. The molecule has 2 aliphatic rings. The van der Waals surface area contributed by atoms with Crippen LogP contribution in [-0.2, 0) is 0 Å². The number of ether oxygens (including phenoxy) is 4. The van der Waals surface area contributed by atoms with Crippen LogP contribution in [-0.4, -0.2) is 68.9 Å². The zero-order valence-electron chi connectivity index (χ0n) is 21.3. The minimum atomic E-state index is -0.423. The number of anilines is 1. The monoisotopic (exact) mass is 481 g/mol. The molecule has 4 rings (SSSR count). The molecule has 0 unspecified atom stereocenters. The second kappa shape index (κ2) is 10.6. The molecule has 1 fully saturated rings. The van der Waals surface area contributed by atoms with E-state index in [-0.39, 0.29) is 5.91 Å². The molecule has 0 atom stereocenters. The molecule has 1 amide bonds. The SMILES string of the molecule is COc1ccc(N(CCN2CCCCC2)C(=O)c2ccc3c(c2OC)C=CC(C)(C)O3)nc1OC. The molecule has 0 aliphatic carbocycles. The van der Waals surface area contributed by atoms with Gasteiger partial charge in [0.2, 0.25) is 0 Å². The minimum Gasteiger partial charge on any atom is -0.495 e. The van der Waals surface area contributed by atoms with Gasteiger partial charge in [-0.3, -0.25) is 9.69 Å². The highest BCUT2D eigenvalue weighted by Gasteiger charge is 2.30. The van der Waals surface area contributed by atoms with E-state index in [1.165, 1.54) is 26.4 Å². The first-order chi connectivity index (χ1) is 16.9. The van der Waals surface area contributed by atoms with Gasteiger partial charge in [-0.2, -0.15) is 4.98 Å². The van der Waals surface area contributed by atoms with Crippen molar-refractivity contribution in [3.05, 3.63) is 41.5 Å². The first kappa shape index (κ1) is 24.9. The third-order valence-electron chi connectivity index (χ3n) is 6.45. The molecule has 188 valence electrons. The number of pyridine rings is 1. The summed E-state index contributed by atoms with van der Waals surface area (Å²) in [6.07, 6.45) is 7.56. The Morgan fingerprint density at radius 1 is 1.06 bits per heavy atom. The number of likely N-dealkylation sites (tertiary alicyclic amines) is 1. The highest BCUT2D eigenvalue weighted by Crippen LogP contribution is 2.40. The minimum absolute atomic E-state index is 0.195. The average molecular weight is 482 g/mol. The van der Waals surface area contributed by atoms with E-state index in [4.69, 9.17) is 18.9 Å². The van der Waals surface area contributed by atoms with Crippen LogP contribution in [0.4, 0.5) is 5.82 Å². The first-order valence-corrected chi connectivity index (χ1v) is 12.1. The number of nitrogens with zero attached hydrogens (tertiary/aromatic N) is 3. The van der Waals surface area contributed by atoms with E-state index in [1.54, 1.807) is 37.3 Å². The van der Waals surface area contributed by atoms with Gasteiger partial charge in [0.25, 0.3) is 11.8 Å². The topological polar surface area (TPSA) is 73.4 Å². The summed E-state index contributed by atoms with van der Waals surface area (Å²) < 4.78 is 22.6. The van der Waals surface area contributed by atoms with Gasteiger partial charge in [-0.1, -0.05) is 6.42 Å². The number of aromatic nitrogens is 1. The zero-order valence-corrected chi connectivity index (χ0v) is 21.3. The molecule has 35 heavy (non-hydrogen) atoms. The van der Waals surface area contributed by atoms with Crippen molar-refractivity contribution in [2.75, 3.05) is 52.4 Å². The number of rotatable bonds is 8. The van der Waals surface area contributed by atoms with Gasteiger partial charge in [-0.05, 0) is 76.2 Å². The summed E-state index contributed by atoms with van der Waals surface area (Å²) in [6.45, 7) is 7.31. The largest absolute Gasteiger partial charge is 0.495 e. The van der Waals surface area contributed by atoms with E-state index in [0.717, 1.165) is 25.2 Å². The van der Waals surface area contributed by atoms with Crippen molar-refractivity contribution in [1.29, 1.82) is 0 Å². The molecule has 3 heterocycles. The third-order valence-corrected chi connectivity index (χ3v) is 6.45. The van der Waals surface area contributed by atoms with Crippen LogP contribution in [0.15, 0.2) is 30.3 Å². The number of amides is 1. The molecule has 8 heteroatoms. The van der Waals surface area contributed by atoms with Crippen LogP contribution in [0.25, 0.3) is 6.08 Å². The maximum Gasteiger partial charge on any atom is 0.263 e. The Labute approximate surface area is 207 Å². The lowest BCUT2D eigenvalue weighted by atomic mass is 9.99. The van der Waals surface area contributed by atoms with Gasteiger partial charge < -0.3 is 23.8 Å². The molecule has 2 aliphatic heterocycles. The van der Waals surface area contributed by atoms with Crippen molar-refractivity contribution in [1.82, 2.24) is 9.88 Å². The summed E-state index contributed by atoms with van der Waals surface area (Å²) in [7, 11) is 4.68. The quantitative estimate of drug-likeness (QED) is 0.552. The van der Waals surface area contributed by atoms with Crippen LogP contribution in [0.1, 0.15) is 49.0 Å². The van der Waals surface area contributed by atoms with Crippen LogP contribution in [0.3, 0.4) is 0 Å². The lowest BCUT2D eigenvalue weighted by molar-refractivity contribution is 0.0978. The van der Waals surface area contributed by atoms with Gasteiger partial charge >= 0.3 is 0 Å². The number of hydrogen-bond donors (Lipinski definition) is 0. The van der Waals surface area contributed by atoms with Crippen molar-refractivity contribution in [3.63, 3.8) is 0 Å². The molecule has 0 radical (unpaired) electrons. The molecule has 2 aromatic rings. The molecule has 0 bridgehead atoms. The second-order valence-electron chi connectivity index (χ2n) is 9.34. The predicted molar refractivity (Wildman–Crippen MR) is 136 cm³/mol. The molecule has 0 saturated carbocycles. The number of methoxy groups -OCH3 is 3. The fourth-order valence-corrected chi connectivity index (χ4v) is 4.58. The summed E-state index contributed by atoms with van der Waals surface area (Å²) in [5.74, 6) is 2.32. The molecule has 1 aromatic heterocycles. The number of carbonyl (C=O) groups excluding carboxylic acids is 1. The van der Waals surface area contributed by atoms with Gasteiger partial charge in [0.1, 0.15) is 22.9 Å². The summed E-state index contributed by atoms with van der Waals surface area (Å²) >= 11 is 0. The Morgan fingerprint density at radius 2 is 1.83 bits per heavy atom. The Bertz CT molecular complexity index is 1090. The van der Waals surface area contributed by atoms with Gasteiger partial charge in [0.15, 0.2) is 5.75 Å². The molecule has 0 spiro atoms. The molecule has 1 saturated heterocycles. The van der Waals surface area contributed by atoms with E-state index in [1.807, 2.05) is 32.1 Å². The zero-order chi connectivity index (χ0) is 25.0.